The van der Waals surface area contributed by atoms with Crippen molar-refractivity contribution in [2.24, 2.45) is 0 Å². The zero-order valence-corrected chi connectivity index (χ0v) is 14.6. The fraction of sp³-hybridized carbons (Fsp3) is 0.167. The first-order valence-corrected chi connectivity index (χ1v) is 8.40. The minimum absolute atomic E-state index is 0.00600. The Bertz CT molecular complexity index is 988. The number of hydrogen-bond acceptors (Lipinski definition) is 6. The second kappa shape index (κ2) is 7.24. The molecule has 27 heavy (non-hydrogen) atoms. The van der Waals surface area contributed by atoms with Gasteiger partial charge in [-0.3, -0.25) is 4.79 Å². The third kappa shape index (κ3) is 3.70. The number of carbonyl (C=O) groups is 1. The van der Waals surface area contributed by atoms with Gasteiger partial charge in [0.05, 0.1) is 6.42 Å². The van der Waals surface area contributed by atoms with Crippen molar-refractivity contribution in [3.63, 3.8) is 0 Å². The quantitative estimate of drug-likeness (QED) is 0.721. The number of halogens is 2. The van der Waals surface area contributed by atoms with Gasteiger partial charge in [-0.1, -0.05) is 23.7 Å². The van der Waals surface area contributed by atoms with Crippen LogP contribution in [0.2, 0.25) is 5.02 Å². The summed E-state index contributed by atoms with van der Waals surface area (Å²) >= 11 is 5.98. The first-order valence-electron chi connectivity index (χ1n) is 8.02. The largest absolute Gasteiger partial charge is 0.454 e. The molecular formula is C18H13ClFN3O4. The summed E-state index contributed by atoms with van der Waals surface area (Å²) in [6.45, 7) is 0.425. The fourth-order valence-electron chi connectivity index (χ4n) is 2.58. The van der Waals surface area contributed by atoms with Gasteiger partial charge in [0.2, 0.25) is 12.7 Å². The Balaban J connectivity index is 1.40. The predicted octanol–water partition coefficient (Wildman–Crippen LogP) is 3.11. The molecule has 7 nitrogen and oxygen atoms in total. The van der Waals surface area contributed by atoms with Gasteiger partial charge < -0.3 is 19.2 Å². The van der Waals surface area contributed by atoms with Crippen molar-refractivity contribution in [2.75, 3.05) is 6.79 Å². The van der Waals surface area contributed by atoms with Crippen LogP contribution in [0.15, 0.2) is 40.8 Å². The first-order chi connectivity index (χ1) is 13.1. The lowest BCUT2D eigenvalue weighted by Gasteiger charge is -2.04. The van der Waals surface area contributed by atoms with Crippen molar-refractivity contribution >= 4 is 17.5 Å². The minimum Gasteiger partial charge on any atom is -0.454 e. The second-order valence-corrected chi connectivity index (χ2v) is 6.16. The molecule has 2 aromatic carbocycles. The van der Waals surface area contributed by atoms with E-state index in [1.165, 1.54) is 12.1 Å². The highest BCUT2D eigenvalue weighted by atomic mass is 35.5. The molecule has 0 bridgehead atoms. The molecule has 0 aliphatic carbocycles. The molecule has 1 amide bonds. The monoisotopic (exact) mass is 389 g/mol. The van der Waals surface area contributed by atoms with Crippen LogP contribution in [0.1, 0.15) is 27.7 Å². The Morgan fingerprint density at radius 3 is 2.89 bits per heavy atom. The van der Waals surface area contributed by atoms with E-state index >= 15 is 0 Å². The van der Waals surface area contributed by atoms with E-state index in [0.29, 0.717) is 11.5 Å². The van der Waals surface area contributed by atoms with Crippen LogP contribution < -0.4 is 14.8 Å². The number of benzene rings is 2. The van der Waals surface area contributed by atoms with E-state index < -0.39 is 11.7 Å². The van der Waals surface area contributed by atoms with Gasteiger partial charge in [0, 0.05) is 17.1 Å². The summed E-state index contributed by atoms with van der Waals surface area (Å²) < 4.78 is 29.7. The van der Waals surface area contributed by atoms with Crippen molar-refractivity contribution in [2.45, 2.75) is 13.0 Å². The van der Waals surface area contributed by atoms with Crippen LogP contribution >= 0.6 is 11.6 Å². The third-order valence-electron chi connectivity index (χ3n) is 3.94. The molecule has 4 rings (SSSR count). The van der Waals surface area contributed by atoms with Gasteiger partial charge in [-0.25, -0.2) is 4.39 Å². The molecule has 1 aromatic heterocycles. The zero-order chi connectivity index (χ0) is 18.8. The topological polar surface area (TPSA) is 86.5 Å². The van der Waals surface area contributed by atoms with Crippen molar-refractivity contribution in [3.8, 4) is 11.5 Å². The average molecular weight is 390 g/mol. The van der Waals surface area contributed by atoms with Gasteiger partial charge in [0.15, 0.2) is 11.5 Å². The molecule has 0 saturated heterocycles. The smallest absolute Gasteiger partial charge is 0.309 e. The van der Waals surface area contributed by atoms with Crippen LogP contribution in [-0.4, -0.2) is 22.9 Å². The number of rotatable bonds is 5. The summed E-state index contributed by atoms with van der Waals surface area (Å²) in [4.78, 5) is 12.2. The Kier molecular flexibility index (Phi) is 4.64. The number of nitrogens with zero attached hydrogens (tertiary/aromatic N) is 2. The molecule has 0 unspecified atom stereocenters. The van der Waals surface area contributed by atoms with Crippen LogP contribution in [0.25, 0.3) is 0 Å². The lowest BCUT2D eigenvalue weighted by molar-refractivity contribution is 0.0914. The van der Waals surface area contributed by atoms with Crippen molar-refractivity contribution in [1.82, 2.24) is 15.5 Å². The average Bonchev–Trinajstić information content (AvgIpc) is 3.31. The maximum absolute atomic E-state index is 13.8. The van der Waals surface area contributed by atoms with Gasteiger partial charge in [-0.2, -0.15) is 0 Å². The predicted molar refractivity (Wildman–Crippen MR) is 92.2 cm³/mol. The summed E-state index contributed by atoms with van der Waals surface area (Å²) in [5.74, 6) is 0.163. The lowest BCUT2D eigenvalue weighted by Crippen LogP contribution is -2.23. The summed E-state index contributed by atoms with van der Waals surface area (Å²) in [6.07, 6.45) is -0.00600. The van der Waals surface area contributed by atoms with Gasteiger partial charge in [-0.15, -0.1) is 10.2 Å². The highest BCUT2D eigenvalue weighted by molar-refractivity contribution is 6.31. The van der Waals surface area contributed by atoms with Crippen molar-refractivity contribution in [1.29, 1.82) is 0 Å². The number of ether oxygens (including phenoxy) is 2. The van der Waals surface area contributed by atoms with Crippen LogP contribution in [-0.2, 0) is 13.0 Å². The Labute approximate surface area is 158 Å². The maximum atomic E-state index is 13.8. The molecule has 0 fully saturated rings. The van der Waals surface area contributed by atoms with E-state index in [0.717, 1.165) is 5.56 Å². The van der Waals surface area contributed by atoms with E-state index in [1.54, 1.807) is 18.2 Å². The molecular weight excluding hydrogens is 377 g/mol. The van der Waals surface area contributed by atoms with E-state index in [-0.39, 0.29) is 42.1 Å². The van der Waals surface area contributed by atoms with Gasteiger partial charge in [0.1, 0.15) is 5.82 Å². The first kappa shape index (κ1) is 17.3. The van der Waals surface area contributed by atoms with Crippen LogP contribution in [0.5, 0.6) is 11.5 Å². The van der Waals surface area contributed by atoms with E-state index in [9.17, 15) is 9.18 Å². The molecule has 1 aliphatic heterocycles. The van der Waals surface area contributed by atoms with Crippen LogP contribution in [0.4, 0.5) is 4.39 Å². The number of amides is 1. The molecule has 0 spiro atoms. The zero-order valence-electron chi connectivity index (χ0n) is 13.9. The Morgan fingerprint density at radius 2 is 2.04 bits per heavy atom. The van der Waals surface area contributed by atoms with E-state index in [1.807, 2.05) is 6.07 Å². The number of carbonyl (C=O) groups excluding carboxylic acids is 1. The summed E-state index contributed by atoms with van der Waals surface area (Å²) in [5, 5.41) is 10.4. The summed E-state index contributed by atoms with van der Waals surface area (Å²) in [6, 6.07) is 9.72. The van der Waals surface area contributed by atoms with E-state index in [4.69, 9.17) is 25.5 Å². The molecule has 3 aromatic rings. The number of nitrogens with one attached hydrogen (secondary N) is 1. The normalized spacial score (nSPS) is 12.2. The fourth-order valence-corrected chi connectivity index (χ4v) is 2.81. The second-order valence-electron chi connectivity index (χ2n) is 5.75. The minimum atomic E-state index is -0.536. The molecule has 9 heteroatoms. The lowest BCUT2D eigenvalue weighted by atomic mass is 10.1. The van der Waals surface area contributed by atoms with Crippen molar-refractivity contribution in [3.05, 3.63) is 70.1 Å². The number of fused-ring (bicyclic) bond motifs is 1. The number of aromatic nitrogens is 2. The molecule has 0 radical (unpaired) electrons. The SMILES string of the molecule is O=C(NCc1ccc2c(c1)OCO2)c1nnc(Cc2c(F)cccc2Cl)o1. The highest BCUT2D eigenvalue weighted by Crippen LogP contribution is 2.32. The standard InChI is InChI=1S/C18H13ClFN3O4/c19-12-2-1-3-13(20)11(12)7-16-22-23-18(27-16)17(24)21-8-10-4-5-14-15(6-10)26-9-25-14/h1-6H,7-9H2,(H,21,24). The van der Waals surface area contributed by atoms with Gasteiger partial charge in [-0.05, 0) is 29.8 Å². The van der Waals surface area contributed by atoms with Gasteiger partial charge in [0.25, 0.3) is 0 Å². The van der Waals surface area contributed by atoms with Crippen molar-refractivity contribution < 1.29 is 23.1 Å². The molecule has 2 heterocycles. The summed E-state index contributed by atoms with van der Waals surface area (Å²) in [5.41, 5.74) is 1.06. The van der Waals surface area contributed by atoms with Crippen LogP contribution in [0.3, 0.4) is 0 Å². The molecule has 0 atom stereocenters. The molecule has 0 saturated carbocycles. The maximum Gasteiger partial charge on any atom is 0.309 e. The van der Waals surface area contributed by atoms with Gasteiger partial charge >= 0.3 is 11.8 Å². The molecule has 138 valence electrons. The Hall–Kier alpha value is -3.13. The number of hydrogen-bond donors (Lipinski definition) is 1. The Morgan fingerprint density at radius 1 is 1.19 bits per heavy atom. The van der Waals surface area contributed by atoms with Crippen LogP contribution in [0, 0.1) is 5.82 Å². The third-order valence-corrected chi connectivity index (χ3v) is 4.29. The molecule has 1 N–H and O–H groups in total. The highest BCUT2D eigenvalue weighted by Gasteiger charge is 2.18. The summed E-state index contributed by atoms with van der Waals surface area (Å²) in [7, 11) is 0. The molecule has 1 aliphatic rings. The van der Waals surface area contributed by atoms with E-state index in [2.05, 4.69) is 15.5 Å².